The zero-order chi connectivity index (χ0) is 15.1. The normalized spacial score (nSPS) is 9.30. The number of hydrogen-bond acceptors (Lipinski definition) is 3. The fraction of sp³-hybridized carbons (Fsp3) is 0.0667. The zero-order valence-corrected chi connectivity index (χ0v) is 12.3. The zero-order valence-electron chi connectivity index (χ0n) is 10.7. The first-order chi connectivity index (χ1) is 9.41. The van der Waals surface area contributed by atoms with E-state index in [1.54, 1.807) is 42.5 Å². The van der Waals surface area contributed by atoms with Gasteiger partial charge in [0.2, 0.25) is 0 Å². The molecule has 0 atom stereocenters. The minimum absolute atomic E-state index is 0.00965. The predicted molar refractivity (Wildman–Crippen MR) is 79.0 cm³/mol. The summed E-state index contributed by atoms with van der Waals surface area (Å²) in [4.78, 5) is 21.0. The first-order valence-corrected chi connectivity index (χ1v) is 6.49. The summed E-state index contributed by atoms with van der Waals surface area (Å²) < 4.78 is 0.918. The summed E-state index contributed by atoms with van der Waals surface area (Å²) in [6, 6.07) is 13.6. The smallest absolute Gasteiger partial charge is 0.300 e. The Bertz CT molecular complexity index is 602. The molecule has 0 fully saturated rings. The van der Waals surface area contributed by atoms with E-state index < -0.39 is 5.97 Å². The number of hydrogen-bond donors (Lipinski definition) is 2. The molecule has 0 bridgehead atoms. The van der Waals surface area contributed by atoms with Crippen molar-refractivity contribution in [3.05, 3.63) is 64.1 Å². The first-order valence-electron chi connectivity index (χ1n) is 5.69. The summed E-state index contributed by atoms with van der Waals surface area (Å²) >= 11 is 3.30. The first kappa shape index (κ1) is 15.9. The highest BCUT2D eigenvalue weighted by Crippen LogP contribution is 2.20. The maximum atomic E-state index is 12.0. The summed E-state index contributed by atoms with van der Waals surface area (Å²) in [7, 11) is 0. The van der Waals surface area contributed by atoms with Crippen LogP contribution in [0.1, 0.15) is 22.8 Å². The van der Waals surface area contributed by atoms with Crippen LogP contribution >= 0.6 is 15.9 Å². The van der Waals surface area contributed by atoms with Crippen LogP contribution in [0.5, 0.6) is 5.75 Å². The summed E-state index contributed by atoms with van der Waals surface area (Å²) in [5.74, 6) is -0.999. The second-order valence-electron chi connectivity index (χ2n) is 3.87. The van der Waals surface area contributed by atoms with Crippen LogP contribution < -0.4 is 0 Å². The number of phenols is 1. The third-order valence-corrected chi connectivity index (χ3v) is 2.78. The second-order valence-corrected chi connectivity index (χ2v) is 4.79. The number of benzene rings is 2. The molecule has 2 N–H and O–H groups in total. The van der Waals surface area contributed by atoms with Crippen LogP contribution in [0, 0.1) is 0 Å². The third-order valence-electron chi connectivity index (χ3n) is 2.26. The van der Waals surface area contributed by atoms with Crippen molar-refractivity contribution in [3.8, 4) is 5.75 Å². The third kappa shape index (κ3) is 4.85. The number of para-hydroxylation sites is 1. The van der Waals surface area contributed by atoms with E-state index in [0.717, 1.165) is 11.4 Å². The van der Waals surface area contributed by atoms with Gasteiger partial charge >= 0.3 is 0 Å². The molecule has 0 heterocycles. The number of carboxylic acid groups (broad SMARTS) is 1. The number of rotatable bonds is 2. The average Bonchev–Trinajstić information content (AvgIpc) is 2.39. The number of ketones is 1. The lowest BCUT2D eigenvalue weighted by molar-refractivity contribution is -0.134. The van der Waals surface area contributed by atoms with Gasteiger partial charge in [-0.15, -0.1) is 0 Å². The van der Waals surface area contributed by atoms with E-state index in [1.807, 2.05) is 0 Å². The molecule has 2 aromatic carbocycles. The van der Waals surface area contributed by atoms with Gasteiger partial charge < -0.3 is 10.2 Å². The van der Waals surface area contributed by atoms with Gasteiger partial charge in [0.1, 0.15) is 5.75 Å². The molecule has 0 aliphatic rings. The van der Waals surface area contributed by atoms with Gasteiger partial charge in [-0.1, -0.05) is 28.1 Å². The molecule has 0 aliphatic carbocycles. The highest BCUT2D eigenvalue weighted by atomic mass is 79.9. The van der Waals surface area contributed by atoms with Crippen LogP contribution in [0.2, 0.25) is 0 Å². The Morgan fingerprint density at radius 3 is 2.00 bits per heavy atom. The molecule has 0 unspecified atom stereocenters. The predicted octanol–water partition coefficient (Wildman–Crippen LogP) is 3.48. The Morgan fingerprint density at radius 1 is 1.00 bits per heavy atom. The molecule has 20 heavy (non-hydrogen) atoms. The molecule has 4 nitrogen and oxygen atoms in total. The highest BCUT2D eigenvalue weighted by Gasteiger charge is 2.12. The molecule has 0 saturated heterocycles. The van der Waals surface area contributed by atoms with Gasteiger partial charge in [0.15, 0.2) is 5.78 Å². The number of phenolic OH excluding ortho intramolecular Hbond substituents is 1. The van der Waals surface area contributed by atoms with Crippen molar-refractivity contribution in [1.29, 1.82) is 0 Å². The van der Waals surface area contributed by atoms with Gasteiger partial charge in [-0.25, -0.2) is 0 Å². The molecule has 104 valence electrons. The molecular formula is C15H13BrO4. The van der Waals surface area contributed by atoms with Crippen molar-refractivity contribution in [1.82, 2.24) is 0 Å². The summed E-state index contributed by atoms with van der Waals surface area (Å²) in [6.07, 6.45) is 0. The lowest BCUT2D eigenvalue weighted by Crippen LogP contribution is -2.00. The van der Waals surface area contributed by atoms with Crippen LogP contribution in [0.3, 0.4) is 0 Å². The minimum Gasteiger partial charge on any atom is -0.507 e. The number of carbonyl (C=O) groups is 2. The van der Waals surface area contributed by atoms with Crippen molar-refractivity contribution in [2.24, 2.45) is 0 Å². The Labute approximate surface area is 124 Å². The number of carboxylic acids is 1. The van der Waals surface area contributed by atoms with E-state index in [0.29, 0.717) is 11.1 Å². The molecular weight excluding hydrogens is 324 g/mol. The van der Waals surface area contributed by atoms with Gasteiger partial charge in [0.25, 0.3) is 5.97 Å². The summed E-state index contributed by atoms with van der Waals surface area (Å²) in [5, 5.41) is 17.0. The molecule has 0 spiro atoms. The lowest BCUT2D eigenvalue weighted by atomic mass is 10.0. The van der Waals surface area contributed by atoms with Crippen molar-refractivity contribution in [3.63, 3.8) is 0 Å². The Hall–Kier alpha value is -2.14. The van der Waals surface area contributed by atoms with Crippen molar-refractivity contribution in [2.45, 2.75) is 6.92 Å². The Morgan fingerprint density at radius 2 is 1.50 bits per heavy atom. The second kappa shape index (κ2) is 7.45. The van der Waals surface area contributed by atoms with Crippen molar-refractivity contribution >= 4 is 27.7 Å². The van der Waals surface area contributed by atoms with E-state index in [9.17, 15) is 9.90 Å². The Kier molecular flexibility index (Phi) is 5.93. The van der Waals surface area contributed by atoms with E-state index in [1.165, 1.54) is 6.07 Å². The monoisotopic (exact) mass is 336 g/mol. The SMILES string of the molecule is CC(=O)O.O=C(c1ccc(Br)cc1)c1ccccc1O. The van der Waals surface area contributed by atoms with Gasteiger partial charge in [-0.3, -0.25) is 9.59 Å². The van der Waals surface area contributed by atoms with E-state index >= 15 is 0 Å². The van der Waals surface area contributed by atoms with E-state index in [4.69, 9.17) is 9.90 Å². The van der Waals surface area contributed by atoms with Crippen molar-refractivity contribution < 1.29 is 19.8 Å². The molecule has 0 radical (unpaired) electrons. The molecule has 0 aromatic heterocycles. The maximum Gasteiger partial charge on any atom is 0.300 e. The van der Waals surface area contributed by atoms with Gasteiger partial charge in [-0.2, -0.15) is 0 Å². The molecule has 0 aliphatic heterocycles. The summed E-state index contributed by atoms with van der Waals surface area (Å²) in [5.41, 5.74) is 0.884. The van der Waals surface area contributed by atoms with Gasteiger partial charge in [-0.05, 0) is 36.4 Å². The highest BCUT2D eigenvalue weighted by molar-refractivity contribution is 9.10. The molecule has 5 heteroatoms. The number of aromatic hydroxyl groups is 1. The van der Waals surface area contributed by atoms with Gasteiger partial charge in [0.05, 0.1) is 5.56 Å². The molecule has 2 aromatic rings. The van der Waals surface area contributed by atoms with Crippen LogP contribution in [-0.4, -0.2) is 22.0 Å². The number of halogens is 1. The van der Waals surface area contributed by atoms with E-state index in [2.05, 4.69) is 15.9 Å². The minimum atomic E-state index is -0.833. The Balaban J connectivity index is 0.000000444. The topological polar surface area (TPSA) is 74.6 Å². The van der Waals surface area contributed by atoms with Crippen LogP contribution in [0.4, 0.5) is 0 Å². The largest absolute Gasteiger partial charge is 0.507 e. The summed E-state index contributed by atoms with van der Waals surface area (Å²) in [6.45, 7) is 1.08. The fourth-order valence-electron chi connectivity index (χ4n) is 1.42. The average molecular weight is 337 g/mol. The van der Waals surface area contributed by atoms with Crippen molar-refractivity contribution in [2.75, 3.05) is 0 Å². The number of aliphatic carboxylic acids is 1. The van der Waals surface area contributed by atoms with Crippen LogP contribution in [-0.2, 0) is 4.79 Å². The van der Waals surface area contributed by atoms with E-state index in [-0.39, 0.29) is 11.5 Å². The molecule has 2 rings (SSSR count). The fourth-order valence-corrected chi connectivity index (χ4v) is 1.69. The molecule has 0 saturated carbocycles. The van der Waals surface area contributed by atoms with Crippen LogP contribution in [0.15, 0.2) is 53.0 Å². The number of carbonyl (C=O) groups excluding carboxylic acids is 1. The lowest BCUT2D eigenvalue weighted by Gasteiger charge is -2.03. The quantitative estimate of drug-likeness (QED) is 0.823. The standard InChI is InChI=1S/C13H9BrO2.C2H4O2/c14-10-7-5-9(6-8-10)13(16)11-3-1-2-4-12(11)15;1-2(3)4/h1-8,15H;1H3,(H,3,4). The molecule has 0 amide bonds. The van der Waals surface area contributed by atoms with Crippen LogP contribution in [0.25, 0.3) is 0 Å². The maximum absolute atomic E-state index is 12.0. The van der Waals surface area contributed by atoms with Gasteiger partial charge in [0, 0.05) is 17.0 Å².